The van der Waals surface area contributed by atoms with Gasteiger partial charge in [-0.15, -0.1) is 0 Å². The molecule has 0 aromatic heterocycles. The van der Waals surface area contributed by atoms with Crippen LogP contribution in [0.25, 0.3) is 0 Å². The Bertz CT molecular complexity index is 447. The molecule has 4 aliphatic carbocycles. The highest BCUT2D eigenvalue weighted by Gasteiger charge is 2.50. The Morgan fingerprint density at radius 3 is 2.00 bits per heavy atom. The third-order valence-corrected chi connectivity index (χ3v) is 7.48. The molecule has 0 nitrogen and oxygen atoms in total. The first kappa shape index (κ1) is 13.4. The molecule has 0 aliphatic heterocycles. The second-order valence-corrected chi connectivity index (χ2v) is 8.49. The minimum atomic E-state index is 0.586. The minimum absolute atomic E-state index is 0.586. The number of alkyl halides is 1. The van der Waals surface area contributed by atoms with Crippen LogP contribution in [0.1, 0.15) is 55.0 Å². The van der Waals surface area contributed by atoms with Crippen LogP contribution in [-0.2, 0) is 6.42 Å². The summed E-state index contributed by atoms with van der Waals surface area (Å²) in [4.78, 5) is 0.586. The zero-order valence-corrected chi connectivity index (χ0v) is 14.0. The Balaban J connectivity index is 1.57. The van der Waals surface area contributed by atoms with Crippen LogP contribution >= 0.6 is 15.9 Å². The summed E-state index contributed by atoms with van der Waals surface area (Å²) in [7, 11) is 0. The van der Waals surface area contributed by atoms with Crippen LogP contribution in [0.4, 0.5) is 0 Å². The second-order valence-electron chi connectivity index (χ2n) is 7.50. The lowest BCUT2D eigenvalue weighted by Gasteiger charge is -2.55. The standard InChI is InChI=1S/C19H25Br/c1-2-12-3-5-15(6-4-12)19(20)18-16-8-13-7-14(10-16)11-17(18)9-13/h3-6,13-14,16-19H,2,7-11H2,1H3. The summed E-state index contributed by atoms with van der Waals surface area (Å²) in [6.45, 7) is 2.23. The molecule has 0 spiro atoms. The summed E-state index contributed by atoms with van der Waals surface area (Å²) < 4.78 is 0. The normalized spacial score (nSPS) is 40.0. The van der Waals surface area contributed by atoms with Gasteiger partial charge in [-0.3, -0.25) is 0 Å². The third kappa shape index (κ3) is 2.17. The van der Waals surface area contributed by atoms with E-state index in [-0.39, 0.29) is 0 Å². The van der Waals surface area contributed by atoms with Crippen molar-refractivity contribution in [1.29, 1.82) is 0 Å². The summed E-state index contributed by atoms with van der Waals surface area (Å²) >= 11 is 4.08. The molecule has 4 aliphatic rings. The molecule has 0 heterocycles. The first-order chi connectivity index (χ1) is 9.74. The topological polar surface area (TPSA) is 0 Å². The van der Waals surface area contributed by atoms with Gasteiger partial charge in [-0.05, 0) is 79.2 Å². The van der Waals surface area contributed by atoms with E-state index in [1.165, 1.54) is 36.8 Å². The van der Waals surface area contributed by atoms with Crippen LogP contribution in [0.5, 0.6) is 0 Å². The molecule has 5 rings (SSSR count). The van der Waals surface area contributed by atoms with E-state index in [1.807, 2.05) is 0 Å². The maximum Gasteiger partial charge on any atom is 0.0428 e. The van der Waals surface area contributed by atoms with Gasteiger partial charge in [0.2, 0.25) is 0 Å². The van der Waals surface area contributed by atoms with Gasteiger partial charge in [0, 0.05) is 4.83 Å². The van der Waals surface area contributed by atoms with Gasteiger partial charge in [-0.1, -0.05) is 47.1 Å². The Labute approximate surface area is 131 Å². The highest BCUT2D eigenvalue weighted by atomic mass is 79.9. The van der Waals surface area contributed by atoms with Gasteiger partial charge in [0.15, 0.2) is 0 Å². The molecule has 1 unspecified atom stereocenters. The number of benzene rings is 1. The van der Waals surface area contributed by atoms with Crippen molar-refractivity contribution in [2.75, 3.05) is 0 Å². The fourth-order valence-electron chi connectivity index (χ4n) is 5.60. The highest BCUT2D eigenvalue weighted by Crippen LogP contribution is 2.60. The SMILES string of the molecule is CCc1ccc(C(Br)C2C3CC4CC(C3)CC2C4)cc1. The summed E-state index contributed by atoms with van der Waals surface area (Å²) in [5.74, 6) is 5.06. The van der Waals surface area contributed by atoms with Crippen molar-refractivity contribution in [3.05, 3.63) is 35.4 Å². The van der Waals surface area contributed by atoms with Crippen molar-refractivity contribution in [3.63, 3.8) is 0 Å². The number of rotatable bonds is 3. The largest absolute Gasteiger partial charge is 0.0836 e. The number of aryl methyl sites for hydroxylation is 1. The molecule has 1 heteroatoms. The molecule has 20 heavy (non-hydrogen) atoms. The summed E-state index contributed by atoms with van der Waals surface area (Å²) in [6.07, 6.45) is 8.78. The van der Waals surface area contributed by atoms with Crippen molar-refractivity contribution in [2.45, 2.75) is 50.3 Å². The number of hydrogen-bond donors (Lipinski definition) is 0. The molecule has 0 N–H and O–H groups in total. The second kappa shape index (κ2) is 5.16. The molecular formula is C19H25Br. The van der Waals surface area contributed by atoms with Gasteiger partial charge < -0.3 is 0 Å². The van der Waals surface area contributed by atoms with Gasteiger partial charge in [-0.25, -0.2) is 0 Å². The maximum absolute atomic E-state index is 4.08. The van der Waals surface area contributed by atoms with Crippen molar-refractivity contribution < 1.29 is 0 Å². The molecular weight excluding hydrogens is 308 g/mol. The number of hydrogen-bond acceptors (Lipinski definition) is 0. The lowest BCUT2D eigenvalue weighted by molar-refractivity contribution is -0.0364. The molecule has 1 atom stereocenters. The van der Waals surface area contributed by atoms with Gasteiger partial charge >= 0.3 is 0 Å². The molecule has 1 aromatic carbocycles. The fourth-order valence-corrected chi connectivity index (χ4v) is 6.77. The van der Waals surface area contributed by atoms with E-state index in [1.54, 1.807) is 6.42 Å². The first-order valence-corrected chi connectivity index (χ1v) is 9.39. The number of halogens is 1. The molecule has 0 saturated heterocycles. The van der Waals surface area contributed by atoms with E-state index in [2.05, 4.69) is 47.1 Å². The Morgan fingerprint density at radius 1 is 0.950 bits per heavy atom. The molecule has 0 amide bonds. The average molecular weight is 333 g/mol. The molecule has 0 radical (unpaired) electrons. The van der Waals surface area contributed by atoms with E-state index in [9.17, 15) is 0 Å². The van der Waals surface area contributed by atoms with Crippen LogP contribution in [0.2, 0.25) is 0 Å². The Morgan fingerprint density at radius 2 is 1.50 bits per heavy atom. The Kier molecular flexibility index (Phi) is 3.45. The lowest BCUT2D eigenvalue weighted by atomic mass is 9.51. The quantitative estimate of drug-likeness (QED) is 0.617. The van der Waals surface area contributed by atoms with Crippen LogP contribution in [0.3, 0.4) is 0 Å². The highest BCUT2D eigenvalue weighted by molar-refractivity contribution is 9.09. The van der Waals surface area contributed by atoms with Gasteiger partial charge in [0.05, 0.1) is 0 Å². The van der Waals surface area contributed by atoms with Gasteiger partial charge in [0.1, 0.15) is 0 Å². The molecule has 4 fully saturated rings. The average Bonchev–Trinajstić information content (AvgIpc) is 2.46. The van der Waals surface area contributed by atoms with E-state index in [4.69, 9.17) is 0 Å². The third-order valence-electron chi connectivity index (χ3n) is 6.34. The van der Waals surface area contributed by atoms with Gasteiger partial charge in [0.25, 0.3) is 0 Å². The van der Waals surface area contributed by atoms with E-state index < -0.39 is 0 Å². The van der Waals surface area contributed by atoms with Crippen molar-refractivity contribution in [1.82, 2.24) is 0 Å². The smallest absolute Gasteiger partial charge is 0.0428 e. The van der Waals surface area contributed by atoms with E-state index >= 15 is 0 Å². The van der Waals surface area contributed by atoms with Crippen LogP contribution in [-0.4, -0.2) is 0 Å². The molecule has 4 saturated carbocycles. The van der Waals surface area contributed by atoms with Crippen LogP contribution < -0.4 is 0 Å². The monoisotopic (exact) mass is 332 g/mol. The summed E-state index contributed by atoms with van der Waals surface area (Å²) in [6, 6.07) is 9.37. The molecule has 1 aromatic rings. The summed E-state index contributed by atoms with van der Waals surface area (Å²) in [5.41, 5.74) is 2.97. The fraction of sp³-hybridized carbons (Fsp3) is 0.684. The first-order valence-electron chi connectivity index (χ1n) is 8.47. The predicted molar refractivity (Wildman–Crippen MR) is 88.0 cm³/mol. The van der Waals surface area contributed by atoms with Crippen molar-refractivity contribution in [3.8, 4) is 0 Å². The van der Waals surface area contributed by atoms with Crippen molar-refractivity contribution >= 4 is 15.9 Å². The van der Waals surface area contributed by atoms with Crippen LogP contribution in [0, 0.1) is 29.6 Å². The van der Waals surface area contributed by atoms with E-state index in [0.717, 1.165) is 36.0 Å². The molecule has 4 bridgehead atoms. The molecule has 108 valence electrons. The lowest BCUT2D eigenvalue weighted by Crippen LogP contribution is -2.46. The zero-order chi connectivity index (χ0) is 13.7. The van der Waals surface area contributed by atoms with Crippen LogP contribution in [0.15, 0.2) is 24.3 Å². The summed E-state index contributed by atoms with van der Waals surface area (Å²) in [5, 5.41) is 0. The predicted octanol–water partition coefficient (Wildman–Crippen LogP) is 5.76. The minimum Gasteiger partial charge on any atom is -0.0836 e. The van der Waals surface area contributed by atoms with Gasteiger partial charge in [-0.2, -0.15) is 0 Å². The van der Waals surface area contributed by atoms with Crippen molar-refractivity contribution in [2.24, 2.45) is 29.6 Å². The van der Waals surface area contributed by atoms with E-state index in [0.29, 0.717) is 4.83 Å². The maximum atomic E-state index is 4.08. The Hall–Kier alpha value is -0.300. The zero-order valence-electron chi connectivity index (χ0n) is 12.4.